The van der Waals surface area contributed by atoms with Crippen molar-refractivity contribution in [2.24, 2.45) is 32.2 Å². The van der Waals surface area contributed by atoms with Crippen LogP contribution < -0.4 is 22.0 Å². The zero-order chi connectivity index (χ0) is 34.8. The van der Waals surface area contributed by atoms with Crippen molar-refractivity contribution in [1.82, 2.24) is 0 Å². The van der Waals surface area contributed by atoms with E-state index in [-0.39, 0.29) is 35.7 Å². The topological polar surface area (TPSA) is 245 Å². The Morgan fingerprint density at radius 3 is 1.25 bits per heavy atom. The Morgan fingerprint density at radius 1 is 0.583 bits per heavy atom. The maximum atomic E-state index is 13.6. The van der Waals surface area contributed by atoms with Crippen molar-refractivity contribution in [3.05, 3.63) is 129 Å². The quantitative estimate of drug-likeness (QED) is 0.136. The van der Waals surface area contributed by atoms with Gasteiger partial charge in [-0.25, -0.2) is 27.1 Å². The second-order valence-electron chi connectivity index (χ2n) is 12.1. The molecule has 2 atom stereocenters. The number of sulfonamides is 2. The van der Waals surface area contributed by atoms with Gasteiger partial charge in [0.1, 0.15) is 9.49 Å². The van der Waals surface area contributed by atoms with Gasteiger partial charge in [-0.1, -0.05) is 84.9 Å². The molecule has 12 nitrogen and oxygen atoms in total. The average Bonchev–Trinajstić information content (AvgIpc) is 3.05. The van der Waals surface area contributed by atoms with E-state index in [2.05, 4.69) is 10.2 Å². The molecular formula is C34H34N8O4S2. The second kappa shape index (κ2) is 11.3. The molecule has 14 heteroatoms. The minimum atomic E-state index is -4.34. The van der Waals surface area contributed by atoms with Crippen LogP contribution in [0.4, 0.5) is 0 Å². The summed E-state index contributed by atoms with van der Waals surface area (Å²) in [5, 5.41) is 36.7. The van der Waals surface area contributed by atoms with Crippen LogP contribution in [0.15, 0.2) is 95.1 Å². The number of aryl methyl sites for hydroxylation is 2. The summed E-state index contributed by atoms with van der Waals surface area (Å²) in [6.45, 7) is 3.57. The normalized spacial score (nSPS) is 22.8. The van der Waals surface area contributed by atoms with Crippen molar-refractivity contribution >= 4 is 42.9 Å². The predicted octanol–water partition coefficient (Wildman–Crippen LogP) is 3.21. The van der Waals surface area contributed by atoms with Gasteiger partial charge < -0.3 is 11.7 Å². The highest BCUT2D eigenvalue weighted by Crippen LogP contribution is 2.48. The van der Waals surface area contributed by atoms with E-state index in [0.717, 1.165) is 11.1 Å². The highest BCUT2D eigenvalue weighted by Gasteiger charge is 2.53. The molecule has 0 bridgehead atoms. The first kappa shape index (κ1) is 32.9. The maximum absolute atomic E-state index is 13.6. The van der Waals surface area contributed by atoms with Crippen molar-refractivity contribution in [1.29, 1.82) is 10.8 Å². The molecule has 0 aliphatic heterocycles. The van der Waals surface area contributed by atoms with Crippen LogP contribution in [0.3, 0.4) is 0 Å². The maximum Gasteiger partial charge on any atom is 0.223 e. The molecule has 0 aromatic heterocycles. The molecule has 0 fully saturated rings. The molecule has 246 valence electrons. The third kappa shape index (κ3) is 4.63. The number of nitrogens with zero attached hydrogens (tertiary/aromatic N) is 2. The molecule has 2 unspecified atom stereocenters. The number of benzene rings is 4. The Morgan fingerprint density at radius 2 is 0.938 bits per heavy atom. The summed E-state index contributed by atoms with van der Waals surface area (Å²) < 4.78 is 50.8. The summed E-state index contributed by atoms with van der Waals surface area (Å²) in [5.41, 5.74) is 5.36. The Kier molecular flexibility index (Phi) is 7.75. The van der Waals surface area contributed by atoms with Gasteiger partial charge in [0.25, 0.3) is 0 Å². The molecule has 0 saturated carbocycles. The zero-order valence-electron chi connectivity index (χ0n) is 26.2. The van der Waals surface area contributed by atoms with Gasteiger partial charge in [-0.15, -0.1) is 0 Å². The molecule has 10 N–H and O–H groups in total. The van der Waals surface area contributed by atoms with Crippen LogP contribution in [0.5, 0.6) is 0 Å². The summed E-state index contributed by atoms with van der Waals surface area (Å²) in [6, 6.07) is 24.1. The first-order chi connectivity index (χ1) is 22.6. The fraction of sp³-hybridized carbons (Fsp3) is 0.176. The highest BCUT2D eigenvalue weighted by atomic mass is 32.2. The molecule has 2 aliphatic carbocycles. The number of hydrazone groups is 2. The van der Waals surface area contributed by atoms with E-state index in [1.165, 1.54) is 0 Å². The summed E-state index contributed by atoms with van der Waals surface area (Å²) >= 11 is 0. The lowest BCUT2D eigenvalue weighted by Crippen LogP contribution is -2.49. The monoisotopic (exact) mass is 682 g/mol. The number of nitrogens with two attached hydrogens (primary N) is 4. The number of hydrogen-bond donors (Lipinski definition) is 6. The molecule has 0 amide bonds. The number of fused-ring (bicyclic) bond motifs is 2. The number of primary sulfonamides is 2. The van der Waals surface area contributed by atoms with E-state index >= 15 is 0 Å². The lowest BCUT2D eigenvalue weighted by atomic mass is 9.74. The fourth-order valence-electron chi connectivity index (χ4n) is 7.36. The lowest BCUT2D eigenvalue weighted by molar-refractivity contribution is 0.555. The van der Waals surface area contributed by atoms with Crippen molar-refractivity contribution in [2.75, 3.05) is 0 Å². The molecular weight excluding hydrogens is 649 g/mol. The van der Waals surface area contributed by atoms with E-state index in [1.54, 1.807) is 86.6 Å². The van der Waals surface area contributed by atoms with E-state index in [9.17, 15) is 16.8 Å². The minimum Gasteiger partial charge on any atom is -0.323 e. The van der Waals surface area contributed by atoms with Crippen LogP contribution in [-0.2, 0) is 29.5 Å². The Hall–Kier alpha value is -5.02. The standard InChI is InChI=1S/C34H34N8O4S2/c1-19-15-21(11-13-25(19)33(47(39,43)44)17-29(41-37)31(35)23-7-3-5-9-27(23)33)22-12-14-26(20(2)16-22)34(48(40,45)46)18-30(42-38)32(36)24-8-4-6-10-28(24)34/h3-16,35-36H,17-18,37-38H2,1-2H3,(H2,39,43,44)(H2,40,45,46). The van der Waals surface area contributed by atoms with Crippen molar-refractivity contribution in [2.45, 2.75) is 36.2 Å². The van der Waals surface area contributed by atoms with Crippen LogP contribution in [0.2, 0.25) is 0 Å². The predicted molar refractivity (Wildman–Crippen MR) is 188 cm³/mol. The van der Waals surface area contributed by atoms with Gasteiger partial charge in [-0.3, -0.25) is 10.8 Å². The molecule has 6 rings (SSSR count). The molecule has 4 aromatic rings. The van der Waals surface area contributed by atoms with Gasteiger partial charge in [0.15, 0.2) is 0 Å². The van der Waals surface area contributed by atoms with E-state index in [1.807, 2.05) is 12.1 Å². The molecule has 0 radical (unpaired) electrons. The van der Waals surface area contributed by atoms with Gasteiger partial charge in [-0.2, -0.15) is 10.2 Å². The average molecular weight is 683 g/mol. The first-order valence-corrected chi connectivity index (χ1v) is 17.9. The van der Waals surface area contributed by atoms with Crippen LogP contribution in [-0.4, -0.2) is 39.7 Å². The van der Waals surface area contributed by atoms with E-state index in [0.29, 0.717) is 44.5 Å². The van der Waals surface area contributed by atoms with Crippen LogP contribution >= 0.6 is 0 Å². The number of nitrogens with one attached hydrogen (secondary N) is 2. The largest absolute Gasteiger partial charge is 0.323 e. The van der Waals surface area contributed by atoms with Gasteiger partial charge in [-0.05, 0) is 58.4 Å². The van der Waals surface area contributed by atoms with Gasteiger partial charge in [0.2, 0.25) is 20.0 Å². The van der Waals surface area contributed by atoms with E-state index in [4.69, 9.17) is 32.8 Å². The van der Waals surface area contributed by atoms with Gasteiger partial charge in [0.05, 0.1) is 22.8 Å². The minimum absolute atomic E-state index is 0.0387. The third-order valence-corrected chi connectivity index (χ3v) is 12.7. The molecule has 4 aromatic carbocycles. The van der Waals surface area contributed by atoms with Crippen molar-refractivity contribution in [3.63, 3.8) is 0 Å². The van der Waals surface area contributed by atoms with Crippen LogP contribution in [0.1, 0.15) is 57.3 Å². The molecule has 48 heavy (non-hydrogen) atoms. The smallest absolute Gasteiger partial charge is 0.223 e. The lowest BCUT2D eigenvalue weighted by Gasteiger charge is -2.39. The van der Waals surface area contributed by atoms with Crippen molar-refractivity contribution < 1.29 is 16.8 Å². The number of hydrogen-bond acceptors (Lipinski definition) is 10. The summed E-state index contributed by atoms with van der Waals surface area (Å²) in [5.74, 6) is 11.3. The Labute approximate surface area is 278 Å². The van der Waals surface area contributed by atoms with Crippen LogP contribution in [0, 0.1) is 24.7 Å². The van der Waals surface area contributed by atoms with Gasteiger partial charge >= 0.3 is 0 Å². The van der Waals surface area contributed by atoms with Gasteiger partial charge in [0, 0.05) is 24.0 Å². The Bertz CT molecular complexity index is 2190. The number of rotatable bonds is 5. The Balaban J connectivity index is 1.51. The molecule has 0 spiro atoms. The SMILES string of the molecule is Cc1cc(-c2ccc(C3(S(N)(=O)=O)CC(=NN)C(=N)c4ccccc43)c(C)c2)ccc1C1(S(N)(=O)=O)CC(=NN)C(=N)c2ccccc21. The zero-order valence-corrected chi connectivity index (χ0v) is 27.8. The van der Waals surface area contributed by atoms with E-state index < -0.39 is 29.5 Å². The van der Waals surface area contributed by atoms with Crippen molar-refractivity contribution in [3.8, 4) is 11.1 Å². The molecule has 0 heterocycles. The first-order valence-electron chi connectivity index (χ1n) is 14.8. The summed E-state index contributed by atoms with van der Waals surface area (Å²) in [6.07, 6.45) is -0.427. The van der Waals surface area contributed by atoms with Crippen LogP contribution in [0.25, 0.3) is 11.1 Å². The summed E-state index contributed by atoms with van der Waals surface area (Å²) in [4.78, 5) is 0. The fourth-order valence-corrected chi connectivity index (χ4v) is 10.1. The second-order valence-corrected chi connectivity index (χ2v) is 15.7. The third-order valence-electron chi connectivity index (χ3n) is 9.61. The molecule has 0 saturated heterocycles. The molecule has 2 aliphatic rings. The highest BCUT2D eigenvalue weighted by molar-refractivity contribution is 7.90. The summed E-state index contributed by atoms with van der Waals surface area (Å²) in [7, 11) is -8.67.